The molecule has 0 amide bonds. The van der Waals surface area contributed by atoms with Crippen LogP contribution < -0.4 is 0 Å². The lowest BCUT2D eigenvalue weighted by Gasteiger charge is -2.32. The lowest BCUT2D eigenvalue weighted by atomic mass is 9.88. The van der Waals surface area contributed by atoms with Crippen molar-refractivity contribution in [3.8, 4) is 0 Å². The van der Waals surface area contributed by atoms with Crippen LogP contribution in [0.3, 0.4) is 0 Å². The molecule has 0 aliphatic heterocycles. The highest BCUT2D eigenvalue weighted by atomic mass is 16.5. The van der Waals surface area contributed by atoms with E-state index in [9.17, 15) is 0 Å². The van der Waals surface area contributed by atoms with E-state index < -0.39 is 0 Å². The van der Waals surface area contributed by atoms with Crippen molar-refractivity contribution in [1.82, 2.24) is 0 Å². The average Bonchev–Trinajstić information content (AvgIpc) is 2.67. The van der Waals surface area contributed by atoms with Gasteiger partial charge in [0.25, 0.3) is 0 Å². The summed E-state index contributed by atoms with van der Waals surface area (Å²) in [5.74, 6) is 0. The number of rotatable bonds is 11. The van der Waals surface area contributed by atoms with Crippen LogP contribution in [0.2, 0.25) is 0 Å². The second-order valence-corrected chi connectivity index (χ2v) is 6.91. The molecule has 0 spiro atoms. The molecular formula is C23H33NO. The van der Waals surface area contributed by atoms with Crippen molar-refractivity contribution < 1.29 is 4.74 Å². The maximum absolute atomic E-state index is 6.35. The van der Waals surface area contributed by atoms with E-state index >= 15 is 0 Å². The molecule has 136 valence electrons. The third-order valence-electron chi connectivity index (χ3n) is 4.72. The maximum atomic E-state index is 6.35. The molecule has 1 aliphatic carbocycles. The molecule has 2 nitrogen and oxygen atoms in total. The molecule has 1 unspecified atom stereocenters. The van der Waals surface area contributed by atoms with Crippen LogP contribution in [-0.4, -0.2) is 18.4 Å². The third-order valence-corrected chi connectivity index (χ3v) is 4.72. The highest BCUT2D eigenvalue weighted by molar-refractivity contribution is 5.80. The first-order valence-electron chi connectivity index (χ1n) is 9.90. The summed E-state index contributed by atoms with van der Waals surface area (Å²) in [6.07, 6.45) is 18.0. The van der Waals surface area contributed by atoms with E-state index in [2.05, 4.69) is 49.2 Å². The maximum Gasteiger partial charge on any atom is 0.0901 e. The molecule has 0 N–H and O–H groups in total. The number of ether oxygens (including phenoxy) is 1. The normalized spacial score (nSPS) is 20.2. The van der Waals surface area contributed by atoms with Gasteiger partial charge in [-0.3, -0.25) is 4.99 Å². The van der Waals surface area contributed by atoms with Crippen molar-refractivity contribution in [3.05, 3.63) is 59.8 Å². The number of benzene rings is 1. The van der Waals surface area contributed by atoms with Gasteiger partial charge in [-0.15, -0.1) is 0 Å². The molecule has 1 aromatic rings. The molecule has 25 heavy (non-hydrogen) atoms. The number of allylic oxidation sites excluding steroid dienone is 1. The molecule has 0 heterocycles. The van der Waals surface area contributed by atoms with Crippen molar-refractivity contribution in [1.29, 1.82) is 0 Å². The van der Waals surface area contributed by atoms with Gasteiger partial charge in [0.05, 0.1) is 11.3 Å². The van der Waals surface area contributed by atoms with Crippen LogP contribution in [0.1, 0.15) is 70.8 Å². The van der Waals surface area contributed by atoms with Crippen molar-refractivity contribution >= 4 is 6.21 Å². The van der Waals surface area contributed by atoms with Crippen LogP contribution in [0.15, 0.2) is 59.2 Å². The van der Waals surface area contributed by atoms with Crippen molar-refractivity contribution in [2.75, 3.05) is 6.61 Å². The first-order valence-corrected chi connectivity index (χ1v) is 9.90. The summed E-state index contributed by atoms with van der Waals surface area (Å²) < 4.78 is 6.35. The molecule has 1 atom stereocenters. The highest BCUT2D eigenvalue weighted by Gasteiger charge is 2.28. The minimum absolute atomic E-state index is 0.117. The lowest BCUT2D eigenvalue weighted by Crippen LogP contribution is -2.31. The third kappa shape index (κ3) is 6.99. The van der Waals surface area contributed by atoms with Gasteiger partial charge in [-0.1, -0.05) is 88.4 Å². The summed E-state index contributed by atoms with van der Waals surface area (Å²) in [6.45, 7) is 5.35. The highest BCUT2D eigenvalue weighted by Crippen LogP contribution is 2.31. The summed E-state index contributed by atoms with van der Waals surface area (Å²) >= 11 is 0. The number of hydrogen-bond donors (Lipinski definition) is 0. The van der Waals surface area contributed by atoms with Gasteiger partial charge in [0.15, 0.2) is 0 Å². The van der Waals surface area contributed by atoms with Gasteiger partial charge in [0.2, 0.25) is 0 Å². The van der Waals surface area contributed by atoms with Gasteiger partial charge >= 0.3 is 0 Å². The van der Waals surface area contributed by atoms with Crippen LogP contribution in [-0.2, 0) is 4.74 Å². The van der Waals surface area contributed by atoms with E-state index in [0.29, 0.717) is 0 Å². The number of hydrogen-bond acceptors (Lipinski definition) is 2. The Hall–Kier alpha value is -1.67. The summed E-state index contributed by atoms with van der Waals surface area (Å²) in [6, 6.07) is 10.2. The van der Waals surface area contributed by atoms with E-state index in [0.717, 1.165) is 37.1 Å². The zero-order valence-electron chi connectivity index (χ0n) is 15.9. The standard InChI is InChI=1S/C23H33NO/c1-3-5-7-11-19-25-23(16-6-4-2)17-14-22(15-18-23)24-20-21-12-9-8-10-13-21/h8-10,12-15,17,20H,3-7,11,16,18-19H2,1-2H3. The zero-order valence-corrected chi connectivity index (χ0v) is 15.9. The molecule has 0 radical (unpaired) electrons. The molecule has 2 heteroatoms. The Labute approximate surface area is 153 Å². The van der Waals surface area contributed by atoms with Gasteiger partial charge in [-0.25, -0.2) is 0 Å². The van der Waals surface area contributed by atoms with E-state index in [4.69, 9.17) is 4.74 Å². The van der Waals surface area contributed by atoms with Gasteiger partial charge in [0.1, 0.15) is 0 Å². The Kier molecular flexibility index (Phi) is 8.68. The predicted molar refractivity (Wildman–Crippen MR) is 108 cm³/mol. The second kappa shape index (κ2) is 11.0. The average molecular weight is 340 g/mol. The smallest absolute Gasteiger partial charge is 0.0901 e. The Morgan fingerprint density at radius 2 is 1.84 bits per heavy atom. The lowest BCUT2D eigenvalue weighted by molar-refractivity contribution is -0.0167. The van der Waals surface area contributed by atoms with Crippen LogP contribution in [0.25, 0.3) is 0 Å². The minimum atomic E-state index is -0.117. The van der Waals surface area contributed by atoms with E-state index in [1.165, 1.54) is 32.1 Å². The molecule has 0 saturated carbocycles. The number of unbranched alkanes of at least 4 members (excludes halogenated alkanes) is 4. The zero-order chi connectivity index (χ0) is 17.8. The Balaban J connectivity index is 1.91. The first kappa shape index (κ1) is 19.7. The number of nitrogens with zero attached hydrogens (tertiary/aromatic N) is 1. The molecule has 0 aromatic heterocycles. The van der Waals surface area contributed by atoms with Crippen LogP contribution in [0.4, 0.5) is 0 Å². The van der Waals surface area contributed by atoms with Crippen molar-refractivity contribution in [2.45, 2.75) is 70.8 Å². The van der Waals surface area contributed by atoms with Gasteiger partial charge in [0, 0.05) is 19.2 Å². The van der Waals surface area contributed by atoms with Crippen LogP contribution in [0.5, 0.6) is 0 Å². The largest absolute Gasteiger partial charge is 0.371 e. The summed E-state index contributed by atoms with van der Waals surface area (Å²) in [5.41, 5.74) is 2.05. The summed E-state index contributed by atoms with van der Waals surface area (Å²) in [7, 11) is 0. The molecule has 0 fully saturated rings. The fraction of sp³-hybridized carbons (Fsp3) is 0.522. The minimum Gasteiger partial charge on any atom is -0.371 e. The van der Waals surface area contributed by atoms with Gasteiger partial charge < -0.3 is 4.74 Å². The molecule has 0 bridgehead atoms. The Bertz CT molecular complexity index is 573. The quantitative estimate of drug-likeness (QED) is 0.334. The fourth-order valence-electron chi connectivity index (χ4n) is 3.08. The van der Waals surface area contributed by atoms with Crippen LogP contribution >= 0.6 is 0 Å². The fourth-order valence-corrected chi connectivity index (χ4v) is 3.08. The van der Waals surface area contributed by atoms with Crippen molar-refractivity contribution in [2.24, 2.45) is 4.99 Å². The Morgan fingerprint density at radius 1 is 1.04 bits per heavy atom. The van der Waals surface area contributed by atoms with E-state index in [1.54, 1.807) is 0 Å². The first-order chi connectivity index (χ1) is 12.3. The molecule has 2 rings (SSSR count). The second-order valence-electron chi connectivity index (χ2n) is 6.91. The summed E-state index contributed by atoms with van der Waals surface area (Å²) in [4.78, 5) is 4.61. The predicted octanol–water partition coefficient (Wildman–Crippen LogP) is 6.48. The molecule has 1 aliphatic rings. The SMILES string of the molecule is CCCCCCOC1(CCCC)C=CC(N=Cc2ccccc2)=CC1. The van der Waals surface area contributed by atoms with Crippen molar-refractivity contribution in [3.63, 3.8) is 0 Å². The molecule has 1 aromatic carbocycles. The summed E-state index contributed by atoms with van der Waals surface area (Å²) in [5, 5.41) is 0. The van der Waals surface area contributed by atoms with Gasteiger partial charge in [-0.2, -0.15) is 0 Å². The van der Waals surface area contributed by atoms with E-state index in [-0.39, 0.29) is 5.60 Å². The van der Waals surface area contributed by atoms with Gasteiger partial charge in [-0.05, 0) is 24.5 Å². The number of aliphatic imine (C=N–C) groups is 1. The molecular weight excluding hydrogens is 306 g/mol. The Morgan fingerprint density at radius 3 is 2.52 bits per heavy atom. The van der Waals surface area contributed by atoms with E-state index in [1.807, 2.05) is 24.4 Å². The topological polar surface area (TPSA) is 21.6 Å². The van der Waals surface area contributed by atoms with Crippen LogP contribution in [0, 0.1) is 0 Å². The monoisotopic (exact) mass is 339 g/mol. The molecule has 0 saturated heterocycles.